The van der Waals surface area contributed by atoms with Gasteiger partial charge in [-0.2, -0.15) is 28.1 Å². The third-order valence-electron chi connectivity index (χ3n) is 6.83. The SMILES string of the molecule is COC(=O)C(CNC(=O)OC(C)(C)C)NC(=O)c1ccc2cc1OCCOCCOCCOc1ccc(cc1)CNc1nc(nc(OCC(F)(F)F)n1)N2. The van der Waals surface area contributed by atoms with Gasteiger partial charge in [-0.15, -0.1) is 0 Å². The van der Waals surface area contributed by atoms with E-state index in [2.05, 4.69) is 36.2 Å². The van der Waals surface area contributed by atoms with Crippen molar-refractivity contribution in [2.45, 2.75) is 45.1 Å². The number of nitrogens with one attached hydrogen (secondary N) is 4. The number of fused-ring (bicyclic) bond motifs is 12. The zero-order chi connectivity index (χ0) is 39.1. The monoisotopic (exact) mass is 765 g/mol. The molecule has 54 heavy (non-hydrogen) atoms. The molecule has 0 saturated heterocycles. The number of alkyl carbamates (subject to hydrolysis) is 1. The van der Waals surface area contributed by atoms with E-state index in [0.29, 0.717) is 12.4 Å². The molecule has 294 valence electrons. The number of methoxy groups -OCH3 is 1. The molecule has 2 aromatic carbocycles. The molecule has 20 heteroatoms. The van der Waals surface area contributed by atoms with Gasteiger partial charge in [0.25, 0.3) is 5.91 Å². The van der Waals surface area contributed by atoms with E-state index in [1.54, 1.807) is 45.0 Å². The number of esters is 1. The third-order valence-corrected chi connectivity index (χ3v) is 6.83. The van der Waals surface area contributed by atoms with Crippen LogP contribution in [0.5, 0.6) is 17.5 Å². The second kappa shape index (κ2) is 19.4. The second-order valence-electron chi connectivity index (χ2n) is 12.4. The van der Waals surface area contributed by atoms with Gasteiger partial charge >= 0.3 is 24.2 Å². The number of carbonyl (C=O) groups is 3. The lowest BCUT2D eigenvalue weighted by Crippen LogP contribution is -2.49. The summed E-state index contributed by atoms with van der Waals surface area (Å²) in [6.07, 6.45) is -5.47. The van der Waals surface area contributed by atoms with Gasteiger partial charge in [-0.3, -0.25) is 4.79 Å². The maximum absolute atomic E-state index is 13.5. The first kappa shape index (κ1) is 41.1. The van der Waals surface area contributed by atoms with Crippen molar-refractivity contribution < 1.29 is 60.7 Å². The number of aromatic nitrogens is 3. The topological polar surface area (TPSA) is 203 Å². The highest BCUT2D eigenvalue weighted by molar-refractivity contribution is 5.99. The molecule has 0 aliphatic carbocycles. The van der Waals surface area contributed by atoms with Gasteiger partial charge in [0.05, 0.1) is 45.6 Å². The Labute approximate surface area is 308 Å². The van der Waals surface area contributed by atoms with E-state index < -0.39 is 48.4 Å². The standard InChI is InChI=1S/C34H42F3N7O10/c1-33(2,3)54-32(47)39-19-25(28(46)48-4)41-27(45)24-10-7-22-17-26(24)52-16-14-50-12-11-49-13-15-51-23-8-5-21(6-9-23)18-38-29-42-30(40-22)44-31(43-29)53-20-34(35,36)37/h5-10,17,25H,11-16,18-20H2,1-4H3,(H,39,47)(H,41,45)(H2,38,40,42,43,44). The van der Waals surface area contributed by atoms with Crippen LogP contribution >= 0.6 is 0 Å². The lowest BCUT2D eigenvalue weighted by molar-refractivity contribution is -0.154. The van der Waals surface area contributed by atoms with Gasteiger partial charge in [0, 0.05) is 18.3 Å². The van der Waals surface area contributed by atoms with Gasteiger partial charge in [-0.05, 0) is 50.6 Å². The number of hydrogen-bond acceptors (Lipinski definition) is 15. The molecule has 4 N–H and O–H groups in total. The summed E-state index contributed by atoms with van der Waals surface area (Å²) in [5, 5.41) is 10.8. The van der Waals surface area contributed by atoms with Crippen LogP contribution in [0.2, 0.25) is 0 Å². The molecule has 0 fully saturated rings. The minimum atomic E-state index is -4.66. The number of rotatable bonds is 7. The molecule has 0 saturated carbocycles. The Morgan fingerprint density at radius 3 is 2.22 bits per heavy atom. The van der Waals surface area contributed by atoms with Crippen molar-refractivity contribution in [3.63, 3.8) is 0 Å². The number of ether oxygens (including phenoxy) is 7. The van der Waals surface area contributed by atoms with E-state index in [1.165, 1.54) is 18.2 Å². The Morgan fingerprint density at radius 2 is 1.56 bits per heavy atom. The Balaban J connectivity index is 1.60. The molecule has 0 radical (unpaired) electrons. The predicted octanol–water partition coefficient (Wildman–Crippen LogP) is 3.77. The van der Waals surface area contributed by atoms with Gasteiger partial charge in [-0.1, -0.05) is 12.1 Å². The Morgan fingerprint density at radius 1 is 0.889 bits per heavy atom. The molecule has 1 unspecified atom stereocenters. The maximum Gasteiger partial charge on any atom is 0.422 e. The summed E-state index contributed by atoms with van der Waals surface area (Å²) in [4.78, 5) is 50.5. The van der Waals surface area contributed by atoms with Crippen LogP contribution in [0, 0.1) is 0 Å². The van der Waals surface area contributed by atoms with E-state index in [4.69, 9.17) is 33.2 Å². The summed E-state index contributed by atoms with van der Waals surface area (Å²) in [5.74, 6) is -1.29. The molecule has 1 atom stereocenters. The van der Waals surface area contributed by atoms with Crippen molar-refractivity contribution >= 4 is 35.6 Å². The number of hydrogen-bond donors (Lipinski definition) is 4. The molecule has 2 aliphatic heterocycles. The highest BCUT2D eigenvalue weighted by Crippen LogP contribution is 2.27. The molecule has 6 bridgehead atoms. The summed E-state index contributed by atoms with van der Waals surface area (Å²) >= 11 is 0. The average Bonchev–Trinajstić information content (AvgIpc) is 3.11. The van der Waals surface area contributed by atoms with Crippen LogP contribution in [-0.2, 0) is 30.3 Å². The van der Waals surface area contributed by atoms with Crippen LogP contribution in [0.4, 0.5) is 35.5 Å². The fourth-order valence-electron chi connectivity index (χ4n) is 4.45. The fourth-order valence-corrected chi connectivity index (χ4v) is 4.45. The molecular weight excluding hydrogens is 723 g/mol. The number of alkyl halides is 3. The summed E-state index contributed by atoms with van der Waals surface area (Å²) in [7, 11) is 1.12. The predicted molar refractivity (Wildman–Crippen MR) is 185 cm³/mol. The molecule has 5 rings (SSSR count). The van der Waals surface area contributed by atoms with E-state index in [-0.39, 0.29) is 75.0 Å². The Kier molecular flexibility index (Phi) is 14.8. The number of anilines is 3. The fraction of sp³-hybridized carbons (Fsp3) is 0.471. The number of benzene rings is 2. The van der Waals surface area contributed by atoms with Crippen LogP contribution in [0.15, 0.2) is 42.5 Å². The Hall–Kier alpha value is -5.63. The minimum absolute atomic E-state index is 0.0146. The van der Waals surface area contributed by atoms with Gasteiger partial charge in [0.2, 0.25) is 11.9 Å². The van der Waals surface area contributed by atoms with E-state index in [9.17, 15) is 27.6 Å². The van der Waals surface area contributed by atoms with E-state index in [0.717, 1.165) is 12.7 Å². The normalized spacial score (nSPS) is 14.8. The molecule has 3 aromatic rings. The second-order valence-corrected chi connectivity index (χ2v) is 12.4. The zero-order valence-corrected chi connectivity index (χ0v) is 30.0. The summed E-state index contributed by atoms with van der Waals surface area (Å²) in [5.41, 5.74) is 0.198. The van der Waals surface area contributed by atoms with Crippen molar-refractivity contribution in [1.29, 1.82) is 0 Å². The minimum Gasteiger partial charge on any atom is -0.491 e. The van der Waals surface area contributed by atoms with E-state index >= 15 is 0 Å². The highest BCUT2D eigenvalue weighted by Gasteiger charge is 2.30. The maximum atomic E-state index is 13.5. The highest BCUT2D eigenvalue weighted by atomic mass is 19.4. The zero-order valence-electron chi connectivity index (χ0n) is 30.0. The van der Waals surface area contributed by atoms with Crippen LogP contribution in [0.1, 0.15) is 36.7 Å². The van der Waals surface area contributed by atoms with Crippen molar-refractivity contribution in [1.82, 2.24) is 25.6 Å². The number of nitrogens with zero attached hydrogens (tertiary/aromatic N) is 3. The first-order valence-corrected chi connectivity index (χ1v) is 16.6. The molecule has 2 aliphatic rings. The molecule has 1 aromatic heterocycles. The van der Waals surface area contributed by atoms with Gasteiger partial charge in [0.15, 0.2) is 6.61 Å². The Bertz CT molecular complexity index is 1710. The number of amides is 2. The molecular formula is C34H42F3N7O10. The smallest absolute Gasteiger partial charge is 0.422 e. The number of carbonyl (C=O) groups excluding carboxylic acids is 3. The van der Waals surface area contributed by atoms with Crippen LogP contribution in [0.3, 0.4) is 0 Å². The van der Waals surface area contributed by atoms with Gasteiger partial charge in [0.1, 0.15) is 36.4 Å². The van der Waals surface area contributed by atoms with Crippen LogP contribution < -0.4 is 35.5 Å². The molecule has 17 nitrogen and oxygen atoms in total. The van der Waals surface area contributed by atoms with Crippen LogP contribution in [-0.4, -0.2) is 111 Å². The number of halogens is 3. The average molecular weight is 766 g/mol. The van der Waals surface area contributed by atoms with Gasteiger partial charge in [-0.25, -0.2) is 9.59 Å². The lowest BCUT2D eigenvalue weighted by Gasteiger charge is -2.22. The molecule has 2 amide bonds. The molecule has 0 spiro atoms. The van der Waals surface area contributed by atoms with Crippen molar-refractivity contribution in [3.05, 3.63) is 53.6 Å². The van der Waals surface area contributed by atoms with Crippen molar-refractivity contribution in [2.75, 3.05) is 70.5 Å². The summed E-state index contributed by atoms with van der Waals surface area (Å²) in [6, 6.07) is 9.39. The van der Waals surface area contributed by atoms with Crippen molar-refractivity contribution in [2.24, 2.45) is 0 Å². The van der Waals surface area contributed by atoms with Gasteiger partial charge < -0.3 is 54.4 Å². The van der Waals surface area contributed by atoms with E-state index in [1.807, 2.05) is 0 Å². The summed E-state index contributed by atoms with van der Waals surface area (Å²) in [6.45, 7) is 4.37. The first-order chi connectivity index (χ1) is 25.7. The first-order valence-electron chi connectivity index (χ1n) is 16.6. The van der Waals surface area contributed by atoms with Crippen LogP contribution in [0.25, 0.3) is 0 Å². The molecule has 3 heterocycles. The van der Waals surface area contributed by atoms with Crippen molar-refractivity contribution in [3.8, 4) is 17.5 Å². The largest absolute Gasteiger partial charge is 0.491 e. The quantitative estimate of drug-likeness (QED) is 0.200. The summed E-state index contributed by atoms with van der Waals surface area (Å²) < 4.78 is 76.6. The lowest BCUT2D eigenvalue weighted by atomic mass is 10.1. The third kappa shape index (κ3) is 14.4.